The molecule has 1 heterocycles. The van der Waals surface area contributed by atoms with Gasteiger partial charge >= 0.3 is 6.18 Å². The van der Waals surface area contributed by atoms with Crippen molar-refractivity contribution in [2.24, 2.45) is 0 Å². The van der Waals surface area contributed by atoms with E-state index in [2.05, 4.69) is 0 Å². The van der Waals surface area contributed by atoms with Crippen molar-refractivity contribution in [1.82, 2.24) is 9.80 Å². The van der Waals surface area contributed by atoms with Crippen molar-refractivity contribution in [2.45, 2.75) is 19.5 Å². The van der Waals surface area contributed by atoms with Crippen LogP contribution in [0.25, 0.3) is 0 Å². The topological polar surface area (TPSA) is 40.6 Å². The SMILES string of the molecule is Cc1ccc(CC(=O)N2CCN(C(=O)c3ccccc3C(F)(F)F)CC2)cc1. The Morgan fingerprint density at radius 1 is 0.893 bits per heavy atom. The molecule has 0 aromatic heterocycles. The van der Waals surface area contributed by atoms with Gasteiger partial charge in [0, 0.05) is 26.2 Å². The molecule has 1 fully saturated rings. The number of aryl methyl sites for hydroxylation is 1. The fraction of sp³-hybridized carbons (Fsp3) is 0.333. The van der Waals surface area contributed by atoms with Gasteiger partial charge in [-0.25, -0.2) is 0 Å². The predicted octanol–water partition coefficient (Wildman–Crippen LogP) is 3.54. The van der Waals surface area contributed by atoms with Crippen LogP contribution < -0.4 is 0 Å². The number of nitrogens with zero attached hydrogens (tertiary/aromatic N) is 2. The number of rotatable bonds is 3. The molecule has 1 saturated heterocycles. The number of carbonyl (C=O) groups is 2. The zero-order valence-corrected chi connectivity index (χ0v) is 15.5. The highest BCUT2D eigenvalue weighted by Gasteiger charge is 2.36. The minimum Gasteiger partial charge on any atom is -0.339 e. The van der Waals surface area contributed by atoms with Crippen molar-refractivity contribution in [3.63, 3.8) is 0 Å². The zero-order valence-electron chi connectivity index (χ0n) is 15.5. The Morgan fingerprint density at radius 3 is 2.07 bits per heavy atom. The molecule has 7 heteroatoms. The molecule has 2 aromatic rings. The molecule has 4 nitrogen and oxygen atoms in total. The van der Waals surface area contributed by atoms with Gasteiger partial charge in [0.1, 0.15) is 0 Å². The van der Waals surface area contributed by atoms with Crippen LogP contribution in [0, 0.1) is 6.92 Å². The summed E-state index contributed by atoms with van der Waals surface area (Å²) >= 11 is 0. The number of amides is 2. The Balaban J connectivity index is 1.62. The van der Waals surface area contributed by atoms with Crippen LogP contribution in [0.2, 0.25) is 0 Å². The van der Waals surface area contributed by atoms with Gasteiger partial charge in [-0.05, 0) is 24.6 Å². The molecule has 1 aliphatic rings. The molecular formula is C21H21F3N2O2. The molecule has 2 amide bonds. The van der Waals surface area contributed by atoms with Gasteiger partial charge in [0.05, 0.1) is 17.5 Å². The van der Waals surface area contributed by atoms with Gasteiger partial charge in [0.15, 0.2) is 0 Å². The summed E-state index contributed by atoms with van der Waals surface area (Å²) in [7, 11) is 0. The maximum atomic E-state index is 13.2. The highest BCUT2D eigenvalue weighted by atomic mass is 19.4. The van der Waals surface area contributed by atoms with E-state index in [4.69, 9.17) is 0 Å². The highest BCUT2D eigenvalue weighted by molar-refractivity contribution is 5.96. The van der Waals surface area contributed by atoms with Crippen molar-refractivity contribution < 1.29 is 22.8 Å². The molecule has 0 bridgehead atoms. The minimum absolute atomic E-state index is 0.0494. The van der Waals surface area contributed by atoms with E-state index in [1.807, 2.05) is 31.2 Å². The van der Waals surface area contributed by atoms with Gasteiger partial charge in [0.2, 0.25) is 5.91 Å². The maximum absolute atomic E-state index is 13.2. The van der Waals surface area contributed by atoms with Crippen molar-refractivity contribution in [3.05, 3.63) is 70.8 Å². The molecule has 0 atom stereocenters. The molecule has 28 heavy (non-hydrogen) atoms. The predicted molar refractivity (Wildman–Crippen MR) is 98.8 cm³/mol. The summed E-state index contributed by atoms with van der Waals surface area (Å²) in [6, 6.07) is 12.5. The second-order valence-corrected chi connectivity index (χ2v) is 6.88. The van der Waals surface area contributed by atoms with Crippen LogP contribution >= 0.6 is 0 Å². The van der Waals surface area contributed by atoms with E-state index in [1.54, 1.807) is 4.90 Å². The van der Waals surface area contributed by atoms with E-state index >= 15 is 0 Å². The molecule has 0 radical (unpaired) electrons. The third-order valence-corrected chi connectivity index (χ3v) is 4.86. The quantitative estimate of drug-likeness (QED) is 0.804. The Bertz CT molecular complexity index is 855. The molecule has 0 unspecified atom stereocenters. The van der Waals surface area contributed by atoms with Crippen LogP contribution in [0.1, 0.15) is 27.0 Å². The van der Waals surface area contributed by atoms with Gasteiger partial charge in [-0.1, -0.05) is 42.0 Å². The van der Waals surface area contributed by atoms with Crippen LogP contribution in [0.4, 0.5) is 13.2 Å². The summed E-state index contributed by atoms with van der Waals surface area (Å²) in [5, 5.41) is 0. The summed E-state index contributed by atoms with van der Waals surface area (Å²) in [4.78, 5) is 28.1. The van der Waals surface area contributed by atoms with Gasteiger partial charge in [0.25, 0.3) is 5.91 Å². The lowest BCUT2D eigenvalue weighted by Gasteiger charge is -2.35. The molecule has 0 saturated carbocycles. The average Bonchev–Trinajstić information content (AvgIpc) is 2.68. The normalized spacial score (nSPS) is 14.9. The number of carbonyl (C=O) groups excluding carboxylic acids is 2. The number of piperazine rings is 1. The number of hydrogen-bond donors (Lipinski definition) is 0. The monoisotopic (exact) mass is 390 g/mol. The molecule has 0 N–H and O–H groups in total. The second kappa shape index (κ2) is 8.04. The third kappa shape index (κ3) is 4.52. The molecule has 2 aromatic carbocycles. The Labute approximate surface area is 161 Å². The lowest BCUT2D eigenvalue weighted by Crippen LogP contribution is -2.51. The minimum atomic E-state index is -4.59. The average molecular weight is 390 g/mol. The van der Waals surface area contributed by atoms with E-state index in [0.29, 0.717) is 13.1 Å². The van der Waals surface area contributed by atoms with Crippen LogP contribution in [0.15, 0.2) is 48.5 Å². The third-order valence-electron chi connectivity index (χ3n) is 4.86. The molecule has 3 rings (SSSR count). The van der Waals surface area contributed by atoms with Gasteiger partial charge in [-0.15, -0.1) is 0 Å². The van der Waals surface area contributed by atoms with E-state index in [0.717, 1.165) is 17.2 Å². The number of benzene rings is 2. The van der Waals surface area contributed by atoms with Crippen LogP contribution in [-0.4, -0.2) is 47.8 Å². The van der Waals surface area contributed by atoms with Gasteiger partial charge < -0.3 is 9.80 Å². The fourth-order valence-electron chi connectivity index (χ4n) is 3.24. The number of halogens is 3. The first-order chi connectivity index (χ1) is 13.3. The summed E-state index contributed by atoms with van der Waals surface area (Å²) in [5.74, 6) is -0.704. The van der Waals surface area contributed by atoms with E-state index in [1.165, 1.54) is 23.1 Å². The molecule has 148 valence electrons. The first-order valence-electron chi connectivity index (χ1n) is 9.04. The van der Waals surface area contributed by atoms with E-state index < -0.39 is 17.6 Å². The summed E-state index contributed by atoms with van der Waals surface area (Å²) in [5.41, 5.74) is 0.739. The summed E-state index contributed by atoms with van der Waals surface area (Å²) in [6.07, 6.45) is -4.32. The Morgan fingerprint density at radius 2 is 1.46 bits per heavy atom. The largest absolute Gasteiger partial charge is 0.417 e. The van der Waals surface area contributed by atoms with Gasteiger partial charge in [-0.2, -0.15) is 13.2 Å². The van der Waals surface area contributed by atoms with Crippen molar-refractivity contribution >= 4 is 11.8 Å². The molecule has 0 spiro atoms. The van der Waals surface area contributed by atoms with E-state index in [-0.39, 0.29) is 31.0 Å². The fourth-order valence-corrected chi connectivity index (χ4v) is 3.24. The van der Waals surface area contributed by atoms with Gasteiger partial charge in [-0.3, -0.25) is 9.59 Å². The standard InChI is InChI=1S/C21H21F3N2O2/c1-15-6-8-16(9-7-15)14-19(27)25-10-12-26(13-11-25)20(28)17-4-2-3-5-18(17)21(22,23)24/h2-9H,10-14H2,1H3. The lowest BCUT2D eigenvalue weighted by molar-refractivity contribution is -0.138. The van der Waals surface area contributed by atoms with Crippen LogP contribution in [0.3, 0.4) is 0 Å². The van der Waals surface area contributed by atoms with Crippen molar-refractivity contribution in [3.8, 4) is 0 Å². The Kier molecular flexibility index (Phi) is 5.72. The van der Waals surface area contributed by atoms with Crippen LogP contribution in [0.5, 0.6) is 0 Å². The first-order valence-corrected chi connectivity index (χ1v) is 9.04. The smallest absolute Gasteiger partial charge is 0.339 e. The molecule has 0 aliphatic carbocycles. The first kappa shape index (κ1) is 19.9. The summed E-state index contributed by atoms with van der Waals surface area (Å²) in [6.45, 7) is 3.02. The molecular weight excluding hydrogens is 369 g/mol. The molecule has 1 aliphatic heterocycles. The zero-order chi connectivity index (χ0) is 20.3. The highest BCUT2D eigenvalue weighted by Crippen LogP contribution is 2.32. The van der Waals surface area contributed by atoms with Crippen LogP contribution in [-0.2, 0) is 17.4 Å². The van der Waals surface area contributed by atoms with Crippen molar-refractivity contribution in [2.75, 3.05) is 26.2 Å². The van der Waals surface area contributed by atoms with E-state index in [9.17, 15) is 22.8 Å². The summed E-state index contributed by atoms with van der Waals surface area (Å²) < 4.78 is 39.5. The number of hydrogen-bond acceptors (Lipinski definition) is 2. The maximum Gasteiger partial charge on any atom is 0.417 e. The number of alkyl halides is 3. The Hall–Kier alpha value is -2.83. The lowest BCUT2D eigenvalue weighted by atomic mass is 10.1. The second-order valence-electron chi connectivity index (χ2n) is 6.88. The van der Waals surface area contributed by atoms with Crippen molar-refractivity contribution in [1.29, 1.82) is 0 Å².